The second-order valence-corrected chi connectivity index (χ2v) is 5.89. The normalized spacial score (nSPS) is 14.5. The fourth-order valence-corrected chi connectivity index (χ4v) is 2.93. The summed E-state index contributed by atoms with van der Waals surface area (Å²) in [6.07, 6.45) is 0. The molecule has 2 atom stereocenters. The number of halogens is 3. The summed E-state index contributed by atoms with van der Waals surface area (Å²) in [5.74, 6) is -5.98. The summed E-state index contributed by atoms with van der Waals surface area (Å²) in [6, 6.07) is 8.49. The van der Waals surface area contributed by atoms with E-state index in [1.54, 1.807) is 0 Å². The third-order valence-corrected chi connectivity index (χ3v) is 4.12. The molecule has 2 rings (SSSR count). The van der Waals surface area contributed by atoms with E-state index >= 15 is 0 Å². The standard InChI is InChI=1S/C18H15ClF2O4/c1-10(22)15(11-6-8-12(19)9-7-11)18(24,17(23)25-2)16-13(20)4-3-5-14(16)21/h3-9,15,24H,1-2H3. The van der Waals surface area contributed by atoms with Crippen molar-refractivity contribution in [3.8, 4) is 0 Å². The average Bonchev–Trinajstić information content (AvgIpc) is 2.55. The Morgan fingerprint density at radius 1 is 1.12 bits per heavy atom. The zero-order valence-electron chi connectivity index (χ0n) is 13.4. The van der Waals surface area contributed by atoms with Gasteiger partial charge in [-0.05, 0) is 36.8 Å². The molecule has 0 amide bonds. The maximum absolute atomic E-state index is 14.3. The highest BCUT2D eigenvalue weighted by Crippen LogP contribution is 2.41. The molecule has 0 aliphatic rings. The lowest BCUT2D eigenvalue weighted by Crippen LogP contribution is -2.46. The molecule has 0 heterocycles. The largest absolute Gasteiger partial charge is 0.467 e. The van der Waals surface area contributed by atoms with Crippen molar-refractivity contribution in [3.63, 3.8) is 0 Å². The van der Waals surface area contributed by atoms with Gasteiger partial charge < -0.3 is 9.84 Å². The van der Waals surface area contributed by atoms with Crippen molar-refractivity contribution in [3.05, 3.63) is 70.2 Å². The minimum Gasteiger partial charge on any atom is -0.467 e. The van der Waals surface area contributed by atoms with Gasteiger partial charge in [-0.1, -0.05) is 29.8 Å². The molecule has 2 unspecified atom stereocenters. The Bertz CT molecular complexity index is 787. The number of carbonyl (C=O) groups excluding carboxylic acids is 2. The van der Waals surface area contributed by atoms with Gasteiger partial charge >= 0.3 is 5.97 Å². The van der Waals surface area contributed by atoms with E-state index in [0.29, 0.717) is 5.02 Å². The molecule has 4 nitrogen and oxygen atoms in total. The number of benzene rings is 2. The maximum Gasteiger partial charge on any atom is 0.343 e. The van der Waals surface area contributed by atoms with E-state index in [-0.39, 0.29) is 5.56 Å². The lowest BCUT2D eigenvalue weighted by molar-refractivity contribution is -0.169. The summed E-state index contributed by atoms with van der Waals surface area (Å²) in [5, 5.41) is 11.4. The lowest BCUT2D eigenvalue weighted by atomic mass is 9.74. The first kappa shape index (κ1) is 19.0. The summed E-state index contributed by atoms with van der Waals surface area (Å²) in [7, 11) is 0.950. The van der Waals surface area contributed by atoms with Gasteiger partial charge in [0.05, 0.1) is 18.6 Å². The molecule has 0 radical (unpaired) electrons. The van der Waals surface area contributed by atoms with Crippen molar-refractivity contribution >= 4 is 23.4 Å². The Morgan fingerprint density at radius 2 is 1.64 bits per heavy atom. The van der Waals surface area contributed by atoms with Crippen LogP contribution in [-0.4, -0.2) is 24.0 Å². The summed E-state index contributed by atoms with van der Waals surface area (Å²) in [6.45, 7) is 1.10. The molecule has 1 N–H and O–H groups in total. The highest BCUT2D eigenvalue weighted by molar-refractivity contribution is 6.30. The number of methoxy groups -OCH3 is 1. The van der Waals surface area contributed by atoms with Crippen molar-refractivity contribution < 1.29 is 28.2 Å². The van der Waals surface area contributed by atoms with Gasteiger partial charge in [0, 0.05) is 5.02 Å². The Morgan fingerprint density at radius 3 is 2.08 bits per heavy atom. The van der Waals surface area contributed by atoms with Crippen LogP contribution in [0.15, 0.2) is 42.5 Å². The quantitative estimate of drug-likeness (QED) is 0.822. The first-order valence-corrected chi connectivity index (χ1v) is 7.62. The molecule has 2 aromatic rings. The molecule has 0 bridgehead atoms. The van der Waals surface area contributed by atoms with E-state index < -0.39 is 40.5 Å². The average molecular weight is 369 g/mol. The first-order valence-electron chi connectivity index (χ1n) is 7.24. The second-order valence-electron chi connectivity index (χ2n) is 5.45. The molecule has 0 aromatic heterocycles. The van der Waals surface area contributed by atoms with Crippen molar-refractivity contribution in [2.45, 2.75) is 18.4 Å². The number of aliphatic hydroxyl groups is 1. The number of esters is 1. The monoisotopic (exact) mass is 368 g/mol. The summed E-state index contributed by atoms with van der Waals surface area (Å²) < 4.78 is 33.2. The zero-order chi connectivity index (χ0) is 18.8. The number of hydrogen-bond donors (Lipinski definition) is 1. The maximum atomic E-state index is 14.3. The molecule has 0 aliphatic carbocycles. The van der Waals surface area contributed by atoms with Gasteiger partial charge in [0.25, 0.3) is 0 Å². The molecule has 0 aliphatic heterocycles. The van der Waals surface area contributed by atoms with Crippen LogP contribution in [-0.2, 0) is 19.9 Å². The zero-order valence-corrected chi connectivity index (χ0v) is 14.2. The van der Waals surface area contributed by atoms with Crippen LogP contribution in [0.1, 0.15) is 24.0 Å². The molecule has 2 aromatic carbocycles. The minimum atomic E-state index is -2.89. The van der Waals surface area contributed by atoms with E-state index in [2.05, 4.69) is 4.74 Å². The van der Waals surface area contributed by atoms with Crippen LogP contribution in [0.3, 0.4) is 0 Å². The molecule has 7 heteroatoms. The number of carbonyl (C=O) groups is 2. The minimum absolute atomic E-state index is 0.160. The number of Topliss-reactive ketones (excluding diaryl/α,β-unsaturated/α-hetero) is 1. The first-order chi connectivity index (χ1) is 11.7. The van der Waals surface area contributed by atoms with Crippen LogP contribution in [0, 0.1) is 11.6 Å². The van der Waals surface area contributed by atoms with Crippen molar-refractivity contribution in [2.75, 3.05) is 7.11 Å². The predicted molar refractivity (Wildman–Crippen MR) is 87.1 cm³/mol. The van der Waals surface area contributed by atoms with E-state index in [4.69, 9.17) is 11.6 Å². The Hall–Kier alpha value is -2.31. The molecule has 0 saturated carbocycles. The van der Waals surface area contributed by atoms with Gasteiger partial charge in [0.2, 0.25) is 5.60 Å². The molecule has 0 fully saturated rings. The van der Waals surface area contributed by atoms with Crippen molar-refractivity contribution in [1.82, 2.24) is 0 Å². The number of rotatable bonds is 5. The number of ketones is 1. The lowest BCUT2D eigenvalue weighted by Gasteiger charge is -2.33. The molecule has 25 heavy (non-hydrogen) atoms. The van der Waals surface area contributed by atoms with Crippen molar-refractivity contribution in [2.24, 2.45) is 0 Å². The van der Waals surface area contributed by atoms with Crippen LogP contribution in [0.25, 0.3) is 0 Å². The summed E-state index contributed by atoms with van der Waals surface area (Å²) in [4.78, 5) is 24.6. The Labute approximate surface area is 148 Å². The van der Waals surface area contributed by atoms with E-state index in [1.165, 1.54) is 24.3 Å². The number of ether oxygens (including phenoxy) is 1. The Balaban J connectivity index is 2.79. The van der Waals surface area contributed by atoms with E-state index in [9.17, 15) is 23.5 Å². The second kappa shape index (κ2) is 7.29. The smallest absolute Gasteiger partial charge is 0.343 e. The highest BCUT2D eigenvalue weighted by atomic mass is 35.5. The van der Waals surface area contributed by atoms with E-state index in [0.717, 1.165) is 32.2 Å². The SMILES string of the molecule is COC(=O)C(O)(c1c(F)cccc1F)C(C(C)=O)c1ccc(Cl)cc1. The highest BCUT2D eigenvalue weighted by Gasteiger charge is 2.53. The fraction of sp³-hybridized carbons (Fsp3) is 0.222. The molecule has 0 spiro atoms. The van der Waals surface area contributed by atoms with E-state index in [1.807, 2.05) is 0 Å². The van der Waals surface area contributed by atoms with Crippen LogP contribution in [0.4, 0.5) is 8.78 Å². The predicted octanol–water partition coefficient (Wildman–Crippen LogP) is 3.35. The Kier molecular flexibility index (Phi) is 5.55. The topological polar surface area (TPSA) is 63.6 Å². The van der Waals surface area contributed by atoms with Crippen LogP contribution in [0.5, 0.6) is 0 Å². The third-order valence-electron chi connectivity index (χ3n) is 3.87. The van der Waals surface area contributed by atoms with Crippen LogP contribution >= 0.6 is 11.6 Å². The molecule has 132 valence electrons. The summed E-state index contributed by atoms with van der Waals surface area (Å²) in [5.41, 5.74) is -3.67. The van der Waals surface area contributed by atoms with Crippen LogP contribution in [0.2, 0.25) is 5.02 Å². The molecular weight excluding hydrogens is 354 g/mol. The van der Waals surface area contributed by atoms with Crippen LogP contribution < -0.4 is 0 Å². The third kappa shape index (κ3) is 3.41. The fourth-order valence-electron chi connectivity index (χ4n) is 2.81. The van der Waals surface area contributed by atoms with Gasteiger partial charge in [-0.2, -0.15) is 0 Å². The van der Waals surface area contributed by atoms with Gasteiger partial charge in [-0.15, -0.1) is 0 Å². The van der Waals surface area contributed by atoms with Gasteiger partial charge in [-0.25, -0.2) is 13.6 Å². The number of hydrogen-bond acceptors (Lipinski definition) is 4. The van der Waals surface area contributed by atoms with Crippen molar-refractivity contribution in [1.29, 1.82) is 0 Å². The molecular formula is C18H15ClF2O4. The van der Waals surface area contributed by atoms with Gasteiger partial charge in [0.15, 0.2) is 0 Å². The van der Waals surface area contributed by atoms with Gasteiger partial charge in [-0.3, -0.25) is 4.79 Å². The molecule has 0 saturated heterocycles. The summed E-state index contributed by atoms with van der Waals surface area (Å²) >= 11 is 5.81. The van der Waals surface area contributed by atoms with Gasteiger partial charge in [0.1, 0.15) is 17.4 Å².